The Hall–Kier alpha value is -1.36. The topological polar surface area (TPSA) is 64.2 Å². The third kappa shape index (κ3) is 2.52. The van der Waals surface area contributed by atoms with E-state index in [-0.39, 0.29) is 5.56 Å². The first-order valence-corrected chi connectivity index (χ1v) is 7.35. The zero-order valence-electron chi connectivity index (χ0n) is 11.3. The molecule has 0 radical (unpaired) electrons. The van der Waals surface area contributed by atoms with Crippen LogP contribution in [0.1, 0.15) is 44.6 Å². The van der Waals surface area contributed by atoms with Crippen LogP contribution in [0, 0.1) is 0 Å². The molecule has 2 N–H and O–H groups in total. The second-order valence-corrected chi connectivity index (χ2v) is 5.61. The average Bonchev–Trinajstić information content (AvgIpc) is 3.12. The number of hydrogen-bond acceptors (Lipinski definition) is 4. The van der Waals surface area contributed by atoms with Crippen molar-refractivity contribution >= 4 is 5.82 Å². The third-order valence-electron chi connectivity index (χ3n) is 4.20. The van der Waals surface area contributed by atoms with Crippen molar-refractivity contribution in [1.29, 1.82) is 0 Å². The molecule has 2 fully saturated rings. The Morgan fingerprint density at radius 3 is 2.68 bits per heavy atom. The summed E-state index contributed by atoms with van der Waals surface area (Å²) in [7, 11) is 0. The summed E-state index contributed by atoms with van der Waals surface area (Å²) in [6.45, 7) is 1.29. The van der Waals surface area contributed by atoms with E-state index in [4.69, 9.17) is 5.73 Å². The van der Waals surface area contributed by atoms with Crippen molar-refractivity contribution in [3.05, 3.63) is 22.7 Å². The normalized spacial score (nSPS) is 19.8. The highest BCUT2D eigenvalue weighted by atomic mass is 16.1. The van der Waals surface area contributed by atoms with Crippen molar-refractivity contribution in [3.63, 3.8) is 0 Å². The first-order chi connectivity index (χ1) is 9.31. The van der Waals surface area contributed by atoms with Crippen molar-refractivity contribution in [1.82, 2.24) is 9.55 Å². The van der Waals surface area contributed by atoms with Crippen molar-refractivity contribution in [3.8, 4) is 0 Å². The molecule has 0 aliphatic heterocycles. The van der Waals surface area contributed by atoms with Gasteiger partial charge in [0.15, 0.2) is 5.82 Å². The van der Waals surface area contributed by atoms with Crippen LogP contribution < -0.4 is 16.2 Å². The van der Waals surface area contributed by atoms with Gasteiger partial charge in [-0.3, -0.25) is 4.79 Å². The van der Waals surface area contributed by atoms with E-state index in [1.54, 1.807) is 6.20 Å². The standard InChI is InChI=1S/C14H22N4O/c15-7-9-17(11-3-1-2-4-11)13-14(19)18(10-8-16-13)12-5-6-12/h8,10-12H,1-7,9,15H2. The first-order valence-electron chi connectivity index (χ1n) is 7.35. The van der Waals surface area contributed by atoms with Crippen LogP contribution in [-0.2, 0) is 0 Å². The van der Waals surface area contributed by atoms with E-state index < -0.39 is 0 Å². The van der Waals surface area contributed by atoms with Gasteiger partial charge in [-0.25, -0.2) is 4.98 Å². The summed E-state index contributed by atoms with van der Waals surface area (Å²) in [5.74, 6) is 0.603. The number of nitrogens with two attached hydrogens (primary N) is 1. The maximum Gasteiger partial charge on any atom is 0.293 e. The highest BCUT2D eigenvalue weighted by molar-refractivity contribution is 5.38. The van der Waals surface area contributed by atoms with Gasteiger partial charge in [-0.1, -0.05) is 12.8 Å². The van der Waals surface area contributed by atoms with E-state index in [1.807, 2.05) is 10.8 Å². The van der Waals surface area contributed by atoms with Gasteiger partial charge in [0.25, 0.3) is 5.56 Å². The predicted octanol–water partition coefficient (Wildman–Crippen LogP) is 1.29. The summed E-state index contributed by atoms with van der Waals surface area (Å²) in [5.41, 5.74) is 5.78. The van der Waals surface area contributed by atoms with Gasteiger partial charge in [0.05, 0.1) is 0 Å². The van der Waals surface area contributed by atoms with Crippen molar-refractivity contribution in [2.75, 3.05) is 18.0 Å². The summed E-state index contributed by atoms with van der Waals surface area (Å²) < 4.78 is 1.85. The van der Waals surface area contributed by atoms with Crippen molar-refractivity contribution in [2.24, 2.45) is 5.73 Å². The van der Waals surface area contributed by atoms with Crippen LogP contribution >= 0.6 is 0 Å². The Labute approximate surface area is 113 Å². The molecule has 0 atom stereocenters. The lowest BCUT2D eigenvalue weighted by Gasteiger charge is -2.29. The van der Waals surface area contributed by atoms with E-state index in [9.17, 15) is 4.79 Å². The van der Waals surface area contributed by atoms with Crippen LogP contribution in [0.3, 0.4) is 0 Å². The molecule has 104 valence electrons. The predicted molar refractivity (Wildman–Crippen MR) is 75.4 cm³/mol. The Kier molecular flexibility index (Phi) is 3.55. The largest absolute Gasteiger partial charge is 0.348 e. The molecule has 2 saturated carbocycles. The minimum atomic E-state index is 0.0605. The summed E-state index contributed by atoms with van der Waals surface area (Å²) in [5, 5.41) is 0. The van der Waals surface area contributed by atoms with Gasteiger partial charge >= 0.3 is 0 Å². The fraction of sp³-hybridized carbons (Fsp3) is 0.714. The molecule has 0 aromatic carbocycles. The molecule has 0 unspecified atom stereocenters. The van der Waals surface area contributed by atoms with Crippen LogP contribution in [0.4, 0.5) is 5.82 Å². The van der Waals surface area contributed by atoms with Crippen LogP contribution in [-0.4, -0.2) is 28.7 Å². The molecule has 1 aromatic rings. The molecular formula is C14H22N4O. The lowest BCUT2D eigenvalue weighted by Crippen LogP contribution is -2.42. The van der Waals surface area contributed by atoms with Crippen LogP contribution in [0.15, 0.2) is 17.2 Å². The maximum atomic E-state index is 12.5. The van der Waals surface area contributed by atoms with Crippen LogP contribution in [0.25, 0.3) is 0 Å². The van der Waals surface area contributed by atoms with E-state index in [2.05, 4.69) is 9.88 Å². The fourth-order valence-corrected chi connectivity index (χ4v) is 3.07. The fourth-order valence-electron chi connectivity index (χ4n) is 3.07. The molecule has 0 saturated heterocycles. The number of aromatic nitrogens is 2. The third-order valence-corrected chi connectivity index (χ3v) is 4.20. The van der Waals surface area contributed by atoms with Gasteiger partial charge in [0.2, 0.25) is 0 Å². The molecule has 0 bridgehead atoms. The SMILES string of the molecule is NCCN(c1nccn(C2CC2)c1=O)C1CCCC1. The minimum Gasteiger partial charge on any atom is -0.348 e. The number of nitrogens with zero attached hydrogens (tertiary/aromatic N) is 3. The van der Waals surface area contributed by atoms with Gasteiger partial charge in [0.1, 0.15) is 0 Å². The lowest BCUT2D eigenvalue weighted by molar-refractivity contribution is 0.589. The van der Waals surface area contributed by atoms with Gasteiger partial charge in [0, 0.05) is 37.6 Å². The van der Waals surface area contributed by atoms with Gasteiger partial charge in [-0.2, -0.15) is 0 Å². The quantitative estimate of drug-likeness (QED) is 0.868. The van der Waals surface area contributed by atoms with Gasteiger partial charge < -0.3 is 15.2 Å². The number of hydrogen-bond donors (Lipinski definition) is 1. The molecule has 2 aliphatic rings. The van der Waals surface area contributed by atoms with Crippen LogP contribution in [0.5, 0.6) is 0 Å². The molecule has 0 spiro atoms. The molecule has 1 heterocycles. The Morgan fingerprint density at radius 1 is 1.32 bits per heavy atom. The molecular weight excluding hydrogens is 240 g/mol. The maximum absolute atomic E-state index is 12.5. The monoisotopic (exact) mass is 262 g/mol. The Balaban J connectivity index is 1.92. The second-order valence-electron chi connectivity index (χ2n) is 5.61. The van der Waals surface area contributed by atoms with E-state index >= 15 is 0 Å². The zero-order valence-corrected chi connectivity index (χ0v) is 11.3. The van der Waals surface area contributed by atoms with Crippen molar-refractivity contribution < 1.29 is 0 Å². The summed E-state index contributed by atoms with van der Waals surface area (Å²) in [6, 6.07) is 0.844. The lowest BCUT2D eigenvalue weighted by atomic mass is 10.2. The van der Waals surface area contributed by atoms with E-state index in [1.165, 1.54) is 12.8 Å². The van der Waals surface area contributed by atoms with Gasteiger partial charge in [-0.15, -0.1) is 0 Å². The first kappa shape index (κ1) is 12.7. The Morgan fingerprint density at radius 2 is 2.05 bits per heavy atom. The molecule has 0 amide bonds. The number of anilines is 1. The molecule has 5 nitrogen and oxygen atoms in total. The smallest absolute Gasteiger partial charge is 0.293 e. The zero-order chi connectivity index (χ0) is 13.2. The van der Waals surface area contributed by atoms with Crippen molar-refractivity contribution in [2.45, 2.75) is 50.6 Å². The summed E-state index contributed by atoms with van der Waals surface area (Å²) in [6.07, 6.45) is 10.6. The molecule has 5 heteroatoms. The van der Waals surface area contributed by atoms with Crippen LogP contribution in [0.2, 0.25) is 0 Å². The van der Waals surface area contributed by atoms with Gasteiger partial charge in [-0.05, 0) is 25.7 Å². The molecule has 1 aromatic heterocycles. The summed E-state index contributed by atoms with van der Waals surface area (Å²) in [4.78, 5) is 19.0. The Bertz CT molecular complexity index is 488. The van der Waals surface area contributed by atoms with E-state index in [0.717, 1.165) is 32.2 Å². The van der Waals surface area contributed by atoms with E-state index in [0.29, 0.717) is 24.4 Å². The molecule has 19 heavy (non-hydrogen) atoms. The molecule has 3 rings (SSSR count). The summed E-state index contributed by atoms with van der Waals surface area (Å²) >= 11 is 0. The minimum absolute atomic E-state index is 0.0605. The highest BCUT2D eigenvalue weighted by Gasteiger charge is 2.29. The number of rotatable bonds is 5. The average molecular weight is 262 g/mol. The molecule has 2 aliphatic carbocycles. The second kappa shape index (κ2) is 5.33. The highest BCUT2D eigenvalue weighted by Crippen LogP contribution is 2.33.